The Morgan fingerprint density at radius 3 is 1.67 bits per heavy atom. The van der Waals surface area contributed by atoms with Gasteiger partial charge in [0.1, 0.15) is 12.7 Å². The lowest BCUT2D eigenvalue weighted by atomic mass is 10.0. The Morgan fingerprint density at radius 2 is 1.21 bits per heavy atom. The van der Waals surface area contributed by atoms with E-state index in [0.717, 1.165) is 19.6 Å². The summed E-state index contributed by atoms with van der Waals surface area (Å²) in [5, 5.41) is 0. The van der Waals surface area contributed by atoms with Crippen molar-refractivity contribution in [3.63, 3.8) is 0 Å². The molecule has 1 saturated heterocycles. The predicted molar refractivity (Wildman–Crippen MR) is 104 cm³/mol. The second-order valence-electron chi connectivity index (χ2n) is 7.40. The Bertz CT molecular complexity index is 271. The summed E-state index contributed by atoms with van der Waals surface area (Å²) in [7, 11) is 0. The maximum atomic E-state index is 5.38. The fourth-order valence-corrected chi connectivity index (χ4v) is 3.10. The molecular weight excluding hydrogens is 296 g/mol. The van der Waals surface area contributed by atoms with Gasteiger partial charge >= 0.3 is 0 Å². The Labute approximate surface area is 151 Å². The summed E-state index contributed by atoms with van der Waals surface area (Å²) in [4.78, 5) is 0. The first-order chi connectivity index (χ1) is 11.9. The third-order valence-corrected chi connectivity index (χ3v) is 4.85. The molecule has 2 nitrogen and oxygen atoms in total. The Hall–Kier alpha value is -0.500. The smallest absolute Gasteiger partial charge is 0.116 e. The fourth-order valence-electron chi connectivity index (χ4n) is 3.10. The molecule has 0 radical (unpaired) electrons. The number of hydrogen-bond donors (Lipinski definition) is 0. The molecule has 2 heteroatoms. The number of rotatable bonds is 19. The van der Waals surface area contributed by atoms with Crippen LogP contribution in [0.4, 0.5) is 0 Å². The highest BCUT2D eigenvalue weighted by atomic mass is 16.6. The van der Waals surface area contributed by atoms with Crippen LogP contribution in [0.15, 0.2) is 12.3 Å². The van der Waals surface area contributed by atoms with Crippen molar-refractivity contribution in [2.45, 2.75) is 116 Å². The highest BCUT2D eigenvalue weighted by molar-refractivity contribution is 4.75. The molecule has 0 aromatic rings. The molecule has 1 heterocycles. The van der Waals surface area contributed by atoms with Crippen molar-refractivity contribution in [3.8, 4) is 0 Å². The van der Waals surface area contributed by atoms with Crippen LogP contribution in [-0.4, -0.2) is 19.3 Å². The van der Waals surface area contributed by atoms with Gasteiger partial charge in [0.05, 0.1) is 12.9 Å². The zero-order chi connectivity index (χ0) is 17.1. The van der Waals surface area contributed by atoms with Crippen LogP contribution in [0.3, 0.4) is 0 Å². The van der Waals surface area contributed by atoms with Crippen LogP contribution >= 0.6 is 0 Å². The second-order valence-corrected chi connectivity index (χ2v) is 7.40. The zero-order valence-corrected chi connectivity index (χ0v) is 16.3. The first-order valence-corrected chi connectivity index (χ1v) is 10.8. The van der Waals surface area contributed by atoms with Gasteiger partial charge in [-0.25, -0.2) is 0 Å². The second kappa shape index (κ2) is 17.3. The van der Waals surface area contributed by atoms with Gasteiger partial charge in [0.25, 0.3) is 0 Å². The van der Waals surface area contributed by atoms with E-state index in [0.29, 0.717) is 6.10 Å². The van der Waals surface area contributed by atoms with Crippen LogP contribution in [0.2, 0.25) is 0 Å². The summed E-state index contributed by atoms with van der Waals surface area (Å²) in [5.74, 6) is 0. The lowest BCUT2D eigenvalue weighted by Crippen LogP contribution is -1.94. The van der Waals surface area contributed by atoms with E-state index in [9.17, 15) is 0 Å². The van der Waals surface area contributed by atoms with Crippen molar-refractivity contribution in [2.75, 3.05) is 13.2 Å². The Morgan fingerprint density at radius 1 is 0.750 bits per heavy atom. The molecule has 0 spiro atoms. The molecule has 1 aliphatic rings. The first kappa shape index (κ1) is 21.5. The maximum Gasteiger partial charge on any atom is 0.116 e. The lowest BCUT2D eigenvalue weighted by molar-refractivity contribution is 0.211. The molecule has 0 aromatic carbocycles. The van der Waals surface area contributed by atoms with E-state index in [1.54, 1.807) is 0 Å². The molecule has 0 amide bonds. The van der Waals surface area contributed by atoms with Gasteiger partial charge in [0.15, 0.2) is 0 Å². The number of unbranched alkanes of at least 4 members (excludes halogenated alkanes) is 15. The highest BCUT2D eigenvalue weighted by Crippen LogP contribution is 2.14. The van der Waals surface area contributed by atoms with E-state index < -0.39 is 0 Å². The monoisotopic (exact) mass is 338 g/mol. The van der Waals surface area contributed by atoms with E-state index in [1.165, 1.54) is 96.3 Å². The van der Waals surface area contributed by atoms with Crippen molar-refractivity contribution in [1.82, 2.24) is 0 Å². The van der Waals surface area contributed by atoms with Gasteiger partial charge in [-0.3, -0.25) is 0 Å². The summed E-state index contributed by atoms with van der Waals surface area (Å²) in [5.41, 5.74) is 0. The summed E-state index contributed by atoms with van der Waals surface area (Å²) < 4.78 is 10.5. The molecule has 0 N–H and O–H groups in total. The third-order valence-electron chi connectivity index (χ3n) is 4.85. The molecule has 142 valence electrons. The molecular formula is C22H42O2. The first-order valence-electron chi connectivity index (χ1n) is 10.8. The van der Waals surface area contributed by atoms with Crippen molar-refractivity contribution in [1.29, 1.82) is 0 Å². The summed E-state index contributed by atoms with van der Waals surface area (Å²) in [6, 6.07) is 0. The largest absolute Gasteiger partial charge is 0.499 e. The van der Waals surface area contributed by atoms with E-state index in [4.69, 9.17) is 9.47 Å². The van der Waals surface area contributed by atoms with Gasteiger partial charge in [0, 0.05) is 0 Å². The summed E-state index contributed by atoms with van der Waals surface area (Å²) >= 11 is 0. The zero-order valence-electron chi connectivity index (χ0n) is 16.3. The van der Waals surface area contributed by atoms with Gasteiger partial charge in [-0.15, -0.1) is 0 Å². The molecule has 1 unspecified atom stereocenters. The molecule has 1 rings (SSSR count). The topological polar surface area (TPSA) is 21.8 Å². The molecule has 1 fully saturated rings. The quantitative estimate of drug-likeness (QED) is 0.141. The van der Waals surface area contributed by atoms with Crippen molar-refractivity contribution in [2.24, 2.45) is 0 Å². The molecule has 0 bridgehead atoms. The van der Waals surface area contributed by atoms with Gasteiger partial charge in [-0.1, -0.05) is 96.8 Å². The van der Waals surface area contributed by atoms with Gasteiger partial charge in [-0.05, 0) is 18.9 Å². The molecule has 0 saturated carbocycles. The lowest BCUT2D eigenvalue weighted by Gasteiger charge is -2.03. The van der Waals surface area contributed by atoms with Crippen LogP contribution < -0.4 is 0 Å². The van der Waals surface area contributed by atoms with Crippen molar-refractivity contribution in [3.05, 3.63) is 12.3 Å². The van der Waals surface area contributed by atoms with Crippen LogP contribution in [-0.2, 0) is 9.47 Å². The Balaban J connectivity index is 1.63. The number of epoxide rings is 1. The predicted octanol–water partition coefficient (Wildman–Crippen LogP) is 7.18. The van der Waals surface area contributed by atoms with E-state index >= 15 is 0 Å². The SMILES string of the molecule is CCCCCCCCCCCCCCCCCC=COCC1CO1. The van der Waals surface area contributed by atoms with Crippen LogP contribution in [0.1, 0.15) is 110 Å². The number of hydrogen-bond acceptors (Lipinski definition) is 2. The van der Waals surface area contributed by atoms with Gasteiger partial charge in [0.2, 0.25) is 0 Å². The van der Waals surface area contributed by atoms with Crippen molar-refractivity contribution < 1.29 is 9.47 Å². The highest BCUT2D eigenvalue weighted by Gasteiger charge is 2.22. The number of allylic oxidation sites excluding steroid dienone is 1. The average molecular weight is 339 g/mol. The average Bonchev–Trinajstić information content (AvgIpc) is 3.41. The molecule has 1 aliphatic heterocycles. The minimum atomic E-state index is 0.375. The Kier molecular flexibility index (Phi) is 15.6. The molecule has 0 aromatic heterocycles. The van der Waals surface area contributed by atoms with Crippen LogP contribution in [0.25, 0.3) is 0 Å². The van der Waals surface area contributed by atoms with Crippen LogP contribution in [0.5, 0.6) is 0 Å². The third kappa shape index (κ3) is 16.4. The van der Waals surface area contributed by atoms with Gasteiger partial charge < -0.3 is 9.47 Å². The maximum absolute atomic E-state index is 5.38. The van der Waals surface area contributed by atoms with Crippen molar-refractivity contribution >= 4 is 0 Å². The van der Waals surface area contributed by atoms with Gasteiger partial charge in [-0.2, -0.15) is 0 Å². The molecule has 0 aliphatic carbocycles. The normalized spacial score (nSPS) is 16.8. The van der Waals surface area contributed by atoms with E-state index in [2.05, 4.69) is 13.0 Å². The van der Waals surface area contributed by atoms with Crippen LogP contribution in [0, 0.1) is 0 Å². The summed E-state index contributed by atoms with van der Waals surface area (Å²) in [6.07, 6.45) is 27.0. The fraction of sp³-hybridized carbons (Fsp3) is 0.909. The molecule has 1 atom stereocenters. The summed E-state index contributed by atoms with van der Waals surface area (Å²) in [6.45, 7) is 3.90. The standard InChI is InChI=1S/C22H42O2/c1-2-3-4-5-6-7-8-9-10-11-12-13-14-15-16-17-18-19-23-20-22-21-24-22/h18-19,22H,2-17,20-21H2,1H3. The number of ether oxygens (including phenoxy) is 2. The van der Waals surface area contributed by atoms with E-state index in [1.807, 2.05) is 6.26 Å². The molecule has 24 heavy (non-hydrogen) atoms. The minimum Gasteiger partial charge on any atom is -0.499 e. The minimum absolute atomic E-state index is 0.375. The van der Waals surface area contributed by atoms with E-state index in [-0.39, 0.29) is 0 Å².